The predicted octanol–water partition coefficient (Wildman–Crippen LogP) is -2.98. The Morgan fingerprint density at radius 2 is 2.07 bits per heavy atom. The summed E-state index contributed by atoms with van der Waals surface area (Å²) < 4.78 is 19.1. The molecule has 3 heterocycles. The highest BCUT2D eigenvalue weighted by molar-refractivity contribution is 5.90. The molecule has 0 aromatic heterocycles. The van der Waals surface area contributed by atoms with Crippen molar-refractivity contribution in [1.29, 1.82) is 0 Å². The average Bonchev–Trinajstić information content (AvgIpc) is 3.11. The van der Waals surface area contributed by atoms with Crippen LogP contribution in [0.15, 0.2) is 34.3 Å². The number of hydrogen-bond donors (Lipinski definition) is 6. The summed E-state index contributed by atoms with van der Waals surface area (Å²) in [6.45, 7) is -0.748. The van der Waals surface area contributed by atoms with E-state index in [1.54, 1.807) is 0 Å². The second kappa shape index (κ2) is 6.02. The van der Waals surface area contributed by atoms with Crippen LogP contribution in [0.4, 0.5) is 4.39 Å². The van der Waals surface area contributed by atoms with Gasteiger partial charge in [-0.05, 0) is 12.1 Å². The molecular weight excluding hydrogens is 375 g/mol. The van der Waals surface area contributed by atoms with Crippen LogP contribution in [-0.2, 0) is 4.74 Å². The van der Waals surface area contributed by atoms with Gasteiger partial charge in [0, 0.05) is 0 Å². The number of esters is 1. The zero-order chi connectivity index (χ0) is 20.3. The number of carbonyl (C=O) groups excluding carboxylic acids is 1. The van der Waals surface area contributed by atoms with Gasteiger partial charge in [0.05, 0.1) is 18.7 Å². The van der Waals surface area contributed by atoms with E-state index in [4.69, 9.17) is 16.2 Å². The first kappa shape index (κ1) is 18.4. The van der Waals surface area contributed by atoms with Crippen LogP contribution in [0.2, 0.25) is 0 Å². The number of carbonyl (C=O) groups is 1. The van der Waals surface area contributed by atoms with Crippen molar-refractivity contribution in [2.45, 2.75) is 29.6 Å². The number of hydrogen-bond acceptors (Lipinski definition) is 11. The number of ether oxygens (including phenoxy) is 1. The number of aliphatic hydroxyl groups excluding tert-OH is 1. The van der Waals surface area contributed by atoms with Crippen LogP contribution < -0.4 is 16.8 Å². The highest BCUT2D eigenvalue weighted by Crippen LogP contribution is 2.45. The van der Waals surface area contributed by atoms with Crippen molar-refractivity contribution in [3.05, 3.63) is 35.6 Å². The Morgan fingerprint density at radius 3 is 2.75 bits per heavy atom. The second-order valence-corrected chi connectivity index (χ2v) is 6.80. The maximum atomic E-state index is 13.9. The molecule has 0 saturated carbocycles. The summed E-state index contributed by atoms with van der Waals surface area (Å²) in [5.74, 6) is -4.87. The largest absolute Gasteiger partial charge is 0.451 e. The third kappa shape index (κ3) is 2.28. The van der Waals surface area contributed by atoms with Gasteiger partial charge in [-0.25, -0.2) is 19.2 Å². The minimum absolute atomic E-state index is 0.119. The van der Waals surface area contributed by atoms with Gasteiger partial charge in [-0.1, -0.05) is 12.1 Å². The lowest BCUT2D eigenvalue weighted by Crippen LogP contribution is -2.77. The first-order chi connectivity index (χ1) is 13.2. The molecule has 150 valence electrons. The van der Waals surface area contributed by atoms with E-state index in [2.05, 4.69) is 15.3 Å². The molecular formula is C16H19FN6O5. The van der Waals surface area contributed by atoms with E-state index in [0.717, 1.165) is 6.07 Å². The van der Waals surface area contributed by atoms with Crippen LogP contribution in [0.25, 0.3) is 0 Å². The molecule has 1 aromatic rings. The van der Waals surface area contributed by atoms with Gasteiger partial charge in [0.2, 0.25) is 5.79 Å². The van der Waals surface area contributed by atoms with Gasteiger partial charge >= 0.3 is 5.97 Å². The van der Waals surface area contributed by atoms with E-state index >= 15 is 0 Å². The molecule has 4 atom stereocenters. The normalized spacial score (nSPS) is 32.7. The molecule has 4 rings (SSSR count). The van der Waals surface area contributed by atoms with Gasteiger partial charge in [0.1, 0.15) is 17.9 Å². The quantitative estimate of drug-likeness (QED) is 0.230. The number of benzene rings is 1. The molecule has 0 radical (unpaired) electrons. The fraction of sp³-hybridized carbons (Fsp3) is 0.438. The molecule has 1 saturated heterocycles. The summed E-state index contributed by atoms with van der Waals surface area (Å²) in [7, 11) is 0. The minimum atomic E-state index is -2.74. The van der Waals surface area contributed by atoms with E-state index < -0.39 is 48.0 Å². The van der Waals surface area contributed by atoms with E-state index in [1.807, 2.05) is 0 Å². The Morgan fingerprint density at radius 1 is 1.36 bits per heavy atom. The molecule has 28 heavy (non-hydrogen) atoms. The van der Waals surface area contributed by atoms with E-state index in [-0.39, 0.29) is 24.0 Å². The van der Waals surface area contributed by atoms with Crippen LogP contribution >= 0.6 is 0 Å². The van der Waals surface area contributed by atoms with Gasteiger partial charge in [-0.15, -0.1) is 0 Å². The fourth-order valence-corrected chi connectivity index (χ4v) is 3.99. The molecule has 1 unspecified atom stereocenters. The lowest BCUT2D eigenvalue weighted by molar-refractivity contribution is -0.257. The number of nitrogens with zero attached hydrogens (tertiary/aromatic N) is 3. The van der Waals surface area contributed by atoms with Crippen molar-refractivity contribution in [1.82, 2.24) is 10.2 Å². The summed E-state index contributed by atoms with van der Waals surface area (Å²) in [6.07, 6.45) is -1.54. The van der Waals surface area contributed by atoms with E-state index in [1.165, 1.54) is 23.1 Å². The van der Waals surface area contributed by atoms with Crippen molar-refractivity contribution in [3.8, 4) is 0 Å². The first-order valence-corrected chi connectivity index (χ1v) is 8.46. The molecule has 3 aliphatic rings. The van der Waals surface area contributed by atoms with E-state index in [9.17, 15) is 24.5 Å². The lowest BCUT2D eigenvalue weighted by Gasteiger charge is -2.48. The van der Waals surface area contributed by atoms with Crippen LogP contribution in [0.1, 0.15) is 10.4 Å². The number of halogens is 1. The van der Waals surface area contributed by atoms with E-state index in [0.29, 0.717) is 0 Å². The Bertz CT molecular complexity index is 892. The molecule has 11 nitrogen and oxygen atoms in total. The fourth-order valence-electron chi connectivity index (χ4n) is 3.99. The lowest BCUT2D eigenvalue weighted by atomic mass is 9.86. The molecule has 8 N–H and O–H groups in total. The number of guanidine groups is 2. The number of aliphatic imine (C=N–C) groups is 2. The Hall–Kier alpha value is -2.96. The second-order valence-electron chi connectivity index (χ2n) is 6.80. The van der Waals surface area contributed by atoms with Crippen LogP contribution in [-0.4, -0.2) is 80.9 Å². The summed E-state index contributed by atoms with van der Waals surface area (Å²) in [5, 5.41) is 34.3. The molecule has 1 fully saturated rings. The topological polar surface area (TPSA) is 179 Å². The van der Waals surface area contributed by atoms with Crippen molar-refractivity contribution < 1.29 is 29.2 Å². The van der Waals surface area contributed by atoms with Gasteiger partial charge in [0.15, 0.2) is 23.7 Å². The predicted molar refractivity (Wildman–Crippen MR) is 93.3 cm³/mol. The Balaban J connectivity index is 1.70. The van der Waals surface area contributed by atoms with Gasteiger partial charge < -0.3 is 41.7 Å². The number of nitrogens with two attached hydrogens (primary N) is 2. The number of rotatable bonds is 3. The van der Waals surface area contributed by atoms with Crippen molar-refractivity contribution in [2.24, 2.45) is 21.5 Å². The molecule has 1 spiro atoms. The third-order valence-corrected chi connectivity index (χ3v) is 5.28. The van der Waals surface area contributed by atoms with Crippen LogP contribution in [0, 0.1) is 5.82 Å². The molecule has 12 heteroatoms. The third-order valence-electron chi connectivity index (χ3n) is 5.28. The summed E-state index contributed by atoms with van der Waals surface area (Å²) in [6, 6.07) is 3.23. The van der Waals surface area contributed by atoms with Crippen molar-refractivity contribution in [2.75, 3.05) is 13.2 Å². The van der Waals surface area contributed by atoms with Gasteiger partial charge in [-0.3, -0.25) is 0 Å². The summed E-state index contributed by atoms with van der Waals surface area (Å²) in [4.78, 5) is 21.9. The molecule has 1 aromatic carbocycles. The maximum Gasteiger partial charge on any atom is 0.341 e. The van der Waals surface area contributed by atoms with Crippen LogP contribution in [0.5, 0.6) is 0 Å². The summed E-state index contributed by atoms with van der Waals surface area (Å²) in [5.41, 5.74) is 9.52. The molecule has 0 aliphatic carbocycles. The Labute approximate surface area is 158 Å². The highest BCUT2D eigenvalue weighted by Gasteiger charge is 2.74. The number of nitrogens with one attached hydrogen (secondary N) is 1. The molecule has 3 aliphatic heterocycles. The van der Waals surface area contributed by atoms with Gasteiger partial charge in [0.25, 0.3) is 0 Å². The zero-order valence-corrected chi connectivity index (χ0v) is 14.5. The van der Waals surface area contributed by atoms with Crippen molar-refractivity contribution >= 4 is 17.9 Å². The maximum absolute atomic E-state index is 13.9. The van der Waals surface area contributed by atoms with Crippen LogP contribution in [0.3, 0.4) is 0 Å². The number of aliphatic hydroxyl groups is 3. The smallest absolute Gasteiger partial charge is 0.341 e. The Kier molecular flexibility index (Phi) is 3.96. The summed E-state index contributed by atoms with van der Waals surface area (Å²) >= 11 is 0. The monoisotopic (exact) mass is 394 g/mol. The standard InChI is InChI=1S/C16H19FN6O5/c17-8-4-2-1-3-7(8)12(25)28-10-5-23-14(19)20-9(6-24)11-15(23,16(10,26)27)22-13(18)21-11/h1-4,9-11,24,26-27H,5-6H2,(H2,19,20)(H3,18,21,22)/t9-,10-,11?,15-/m0/s1. The minimum Gasteiger partial charge on any atom is -0.451 e. The molecule has 0 bridgehead atoms. The first-order valence-electron chi connectivity index (χ1n) is 8.46. The average molecular weight is 394 g/mol. The highest BCUT2D eigenvalue weighted by atomic mass is 19.1. The van der Waals surface area contributed by atoms with Gasteiger partial charge in [-0.2, -0.15) is 0 Å². The SMILES string of the molecule is NC1=NC2[C@H](CO)N=C(N)N3C[C@H](OC(=O)c4ccccc4F)C(O)(O)[C@]23N1. The molecule has 0 amide bonds. The zero-order valence-electron chi connectivity index (χ0n) is 14.5. The van der Waals surface area contributed by atoms with Crippen molar-refractivity contribution in [3.63, 3.8) is 0 Å².